The summed E-state index contributed by atoms with van der Waals surface area (Å²) in [4.78, 5) is 14.4. The van der Waals surface area contributed by atoms with Crippen molar-refractivity contribution in [2.24, 2.45) is 5.92 Å². The maximum Gasteiger partial charge on any atom is 0.230 e. The number of halogens is 1. The summed E-state index contributed by atoms with van der Waals surface area (Å²) in [6, 6.07) is 10.5. The van der Waals surface area contributed by atoms with E-state index < -0.39 is 0 Å². The lowest BCUT2D eigenvalue weighted by Crippen LogP contribution is -2.45. The van der Waals surface area contributed by atoms with Gasteiger partial charge < -0.3 is 9.42 Å². The molecule has 2 atom stereocenters. The van der Waals surface area contributed by atoms with Crippen LogP contribution >= 0.6 is 11.6 Å². The first-order chi connectivity index (χ1) is 13.1. The highest BCUT2D eigenvalue weighted by Crippen LogP contribution is 2.33. The van der Waals surface area contributed by atoms with Crippen molar-refractivity contribution in [3.05, 3.63) is 52.4 Å². The Hall–Kier alpha value is -1.89. The average Bonchev–Trinajstić information content (AvgIpc) is 3.31. The summed E-state index contributed by atoms with van der Waals surface area (Å²) in [5.74, 6) is 1.32. The molecule has 27 heavy (non-hydrogen) atoms. The van der Waals surface area contributed by atoms with Crippen molar-refractivity contribution in [2.45, 2.75) is 44.7 Å². The number of hydrazine groups is 1. The molecule has 0 saturated carbocycles. The van der Waals surface area contributed by atoms with Gasteiger partial charge in [0.2, 0.25) is 5.91 Å². The molecule has 2 aliphatic rings. The summed E-state index contributed by atoms with van der Waals surface area (Å²) in [5, 5.41) is 4.65. The molecule has 4 rings (SSSR count). The Balaban J connectivity index is 1.28. The van der Waals surface area contributed by atoms with Crippen LogP contribution in [-0.2, 0) is 11.2 Å². The quantitative estimate of drug-likeness (QED) is 0.842. The minimum absolute atomic E-state index is 0.121. The van der Waals surface area contributed by atoms with Gasteiger partial charge in [-0.2, -0.15) is 0 Å². The van der Waals surface area contributed by atoms with Crippen LogP contribution in [0.2, 0.25) is 5.02 Å². The highest BCUT2D eigenvalue weighted by Gasteiger charge is 2.34. The van der Waals surface area contributed by atoms with Gasteiger partial charge in [0.1, 0.15) is 5.76 Å². The standard InChI is InChI=1S/C20H25ClN4O2/c1-13-10-15(27-24-13)11-20(26)25-8-6-14(7-9-25)18-12-19(23-22-18)16-4-2-3-5-17(16)21/h2-5,10,14,18-19,22-23H,6-9,11-12H2,1H3. The molecule has 1 aromatic heterocycles. The molecule has 3 heterocycles. The van der Waals surface area contributed by atoms with E-state index in [1.807, 2.05) is 36.1 Å². The maximum atomic E-state index is 12.5. The molecule has 6 nitrogen and oxygen atoms in total. The van der Waals surface area contributed by atoms with E-state index in [4.69, 9.17) is 16.1 Å². The number of carbonyl (C=O) groups excluding carboxylic acids is 1. The van der Waals surface area contributed by atoms with Gasteiger partial charge in [-0.25, -0.2) is 5.43 Å². The summed E-state index contributed by atoms with van der Waals surface area (Å²) >= 11 is 6.34. The van der Waals surface area contributed by atoms with Crippen LogP contribution in [0, 0.1) is 12.8 Å². The fourth-order valence-electron chi connectivity index (χ4n) is 4.16. The Morgan fingerprint density at radius 1 is 1.30 bits per heavy atom. The molecule has 2 unspecified atom stereocenters. The third kappa shape index (κ3) is 4.18. The van der Waals surface area contributed by atoms with Crippen molar-refractivity contribution in [1.29, 1.82) is 0 Å². The lowest BCUT2D eigenvalue weighted by Gasteiger charge is -2.34. The average molecular weight is 389 g/mol. The third-order valence-corrected chi connectivity index (χ3v) is 6.02. The number of rotatable bonds is 4. The van der Waals surface area contributed by atoms with Crippen LogP contribution in [0.25, 0.3) is 0 Å². The second-order valence-corrected chi connectivity index (χ2v) is 7.94. The largest absolute Gasteiger partial charge is 0.361 e. The normalized spacial score (nSPS) is 23.7. The molecular weight excluding hydrogens is 364 g/mol. The number of piperidine rings is 1. The van der Waals surface area contributed by atoms with Crippen molar-refractivity contribution in [3.8, 4) is 0 Å². The minimum Gasteiger partial charge on any atom is -0.361 e. The fourth-order valence-corrected chi connectivity index (χ4v) is 4.43. The van der Waals surface area contributed by atoms with Gasteiger partial charge in [0.15, 0.2) is 0 Å². The molecule has 2 saturated heterocycles. The van der Waals surface area contributed by atoms with Gasteiger partial charge in [0, 0.05) is 36.3 Å². The Labute approximate surface area is 164 Å². The van der Waals surface area contributed by atoms with Gasteiger partial charge >= 0.3 is 0 Å². The number of aromatic nitrogens is 1. The molecule has 2 N–H and O–H groups in total. The van der Waals surface area contributed by atoms with E-state index in [0.29, 0.717) is 24.1 Å². The molecule has 0 radical (unpaired) electrons. The molecular formula is C20H25ClN4O2. The zero-order valence-electron chi connectivity index (χ0n) is 15.5. The van der Waals surface area contributed by atoms with Crippen LogP contribution in [-0.4, -0.2) is 35.1 Å². The number of hydrogen-bond acceptors (Lipinski definition) is 5. The molecule has 7 heteroatoms. The summed E-state index contributed by atoms with van der Waals surface area (Å²) < 4.78 is 5.17. The van der Waals surface area contributed by atoms with E-state index in [2.05, 4.69) is 22.1 Å². The molecule has 0 bridgehead atoms. The number of benzene rings is 1. The first kappa shape index (κ1) is 18.5. The second kappa shape index (κ2) is 8.00. The molecule has 144 valence electrons. The number of aryl methyl sites for hydroxylation is 1. The number of carbonyl (C=O) groups is 1. The summed E-state index contributed by atoms with van der Waals surface area (Å²) in [5.41, 5.74) is 8.80. The highest BCUT2D eigenvalue weighted by atomic mass is 35.5. The SMILES string of the molecule is Cc1cc(CC(=O)N2CCC(C3CC(c4ccccc4Cl)NN3)CC2)on1. The van der Waals surface area contributed by atoms with Crippen molar-refractivity contribution in [2.75, 3.05) is 13.1 Å². The third-order valence-electron chi connectivity index (χ3n) is 5.68. The Morgan fingerprint density at radius 3 is 2.78 bits per heavy atom. The van der Waals surface area contributed by atoms with Crippen LogP contribution in [0.15, 0.2) is 34.9 Å². The lowest BCUT2D eigenvalue weighted by molar-refractivity contribution is -0.132. The van der Waals surface area contributed by atoms with Gasteiger partial charge in [-0.3, -0.25) is 10.2 Å². The van der Waals surface area contributed by atoms with Crippen LogP contribution < -0.4 is 10.9 Å². The summed E-state index contributed by atoms with van der Waals surface area (Å²) in [6.45, 7) is 3.46. The Morgan fingerprint density at radius 2 is 2.07 bits per heavy atom. The zero-order valence-corrected chi connectivity index (χ0v) is 16.2. The van der Waals surface area contributed by atoms with Crippen LogP contribution in [0.5, 0.6) is 0 Å². The van der Waals surface area contributed by atoms with Gasteiger partial charge in [0.05, 0.1) is 12.1 Å². The Kier molecular flexibility index (Phi) is 5.48. The van der Waals surface area contributed by atoms with Gasteiger partial charge in [-0.15, -0.1) is 0 Å². The van der Waals surface area contributed by atoms with Crippen molar-refractivity contribution >= 4 is 17.5 Å². The molecule has 0 aliphatic carbocycles. The van der Waals surface area contributed by atoms with E-state index in [1.54, 1.807) is 0 Å². The van der Waals surface area contributed by atoms with E-state index in [0.717, 1.165) is 48.6 Å². The topological polar surface area (TPSA) is 70.4 Å². The molecule has 2 fully saturated rings. The van der Waals surface area contributed by atoms with Gasteiger partial charge in [0.25, 0.3) is 0 Å². The summed E-state index contributed by atoms with van der Waals surface area (Å²) in [6.07, 6.45) is 3.33. The fraction of sp³-hybridized carbons (Fsp3) is 0.500. The van der Waals surface area contributed by atoms with Crippen LogP contribution in [0.1, 0.15) is 42.3 Å². The summed E-state index contributed by atoms with van der Waals surface area (Å²) in [7, 11) is 0. The number of hydrogen-bond donors (Lipinski definition) is 2. The van der Waals surface area contributed by atoms with E-state index in [1.165, 1.54) is 0 Å². The second-order valence-electron chi connectivity index (χ2n) is 7.53. The number of nitrogens with zero attached hydrogens (tertiary/aromatic N) is 2. The predicted molar refractivity (Wildman–Crippen MR) is 103 cm³/mol. The maximum absolute atomic E-state index is 12.5. The predicted octanol–water partition coefficient (Wildman–Crippen LogP) is 3.03. The first-order valence-electron chi connectivity index (χ1n) is 9.55. The highest BCUT2D eigenvalue weighted by molar-refractivity contribution is 6.31. The van der Waals surface area contributed by atoms with E-state index in [-0.39, 0.29) is 11.9 Å². The monoisotopic (exact) mass is 388 g/mol. The zero-order chi connectivity index (χ0) is 18.8. The molecule has 2 aliphatic heterocycles. The minimum atomic E-state index is 0.121. The van der Waals surface area contributed by atoms with Crippen molar-refractivity contribution in [3.63, 3.8) is 0 Å². The smallest absolute Gasteiger partial charge is 0.230 e. The van der Waals surface area contributed by atoms with E-state index >= 15 is 0 Å². The van der Waals surface area contributed by atoms with Crippen LogP contribution in [0.4, 0.5) is 0 Å². The van der Waals surface area contributed by atoms with Crippen LogP contribution in [0.3, 0.4) is 0 Å². The lowest BCUT2D eigenvalue weighted by atomic mass is 9.86. The van der Waals surface area contributed by atoms with Crippen molar-refractivity contribution < 1.29 is 9.32 Å². The molecule has 0 spiro atoms. The molecule has 1 amide bonds. The number of nitrogens with one attached hydrogen (secondary N) is 2. The first-order valence-corrected chi connectivity index (χ1v) is 9.93. The Bertz CT molecular complexity index is 801. The number of likely N-dealkylation sites (tertiary alicyclic amines) is 1. The van der Waals surface area contributed by atoms with Crippen molar-refractivity contribution in [1.82, 2.24) is 20.9 Å². The molecule has 2 aromatic rings. The van der Waals surface area contributed by atoms with Gasteiger partial charge in [-0.05, 0) is 43.7 Å². The van der Waals surface area contributed by atoms with Gasteiger partial charge in [-0.1, -0.05) is 35.0 Å². The van der Waals surface area contributed by atoms with E-state index in [9.17, 15) is 4.79 Å². The molecule has 1 aromatic carbocycles. The number of amides is 1.